The van der Waals surface area contributed by atoms with Gasteiger partial charge in [-0.2, -0.15) is 5.26 Å². The van der Waals surface area contributed by atoms with E-state index in [4.69, 9.17) is 5.26 Å². The van der Waals surface area contributed by atoms with Crippen molar-refractivity contribution in [2.75, 3.05) is 13.1 Å². The molecule has 2 heterocycles. The van der Waals surface area contributed by atoms with Gasteiger partial charge < -0.3 is 5.11 Å². The number of aliphatic hydroxyl groups excluding tert-OH is 1. The van der Waals surface area contributed by atoms with Crippen molar-refractivity contribution in [3.8, 4) is 6.07 Å². The summed E-state index contributed by atoms with van der Waals surface area (Å²) in [5.74, 6) is 0. The van der Waals surface area contributed by atoms with Gasteiger partial charge in [-0.25, -0.2) is 0 Å². The van der Waals surface area contributed by atoms with Crippen molar-refractivity contribution in [3.63, 3.8) is 0 Å². The fourth-order valence-electron chi connectivity index (χ4n) is 1.92. The van der Waals surface area contributed by atoms with Crippen molar-refractivity contribution in [1.29, 1.82) is 5.26 Å². The second-order valence-electron chi connectivity index (χ2n) is 3.91. The molecule has 80 valence electrons. The summed E-state index contributed by atoms with van der Waals surface area (Å²) in [5.41, 5.74) is 0. The van der Waals surface area contributed by atoms with Gasteiger partial charge in [0, 0.05) is 18.0 Å². The summed E-state index contributed by atoms with van der Waals surface area (Å²) in [6.45, 7) is 2.68. The topological polar surface area (TPSA) is 47.3 Å². The summed E-state index contributed by atoms with van der Waals surface area (Å²) in [4.78, 5) is 4.23. The van der Waals surface area contributed by atoms with E-state index >= 15 is 0 Å². The summed E-state index contributed by atoms with van der Waals surface area (Å²) >= 11 is 1.54. The molecule has 1 unspecified atom stereocenters. The van der Waals surface area contributed by atoms with Gasteiger partial charge in [-0.1, -0.05) is 0 Å². The molecule has 15 heavy (non-hydrogen) atoms. The third kappa shape index (κ3) is 2.78. The average Bonchev–Trinajstić information content (AvgIpc) is 2.65. The first-order valence-electron chi connectivity index (χ1n) is 5.17. The highest BCUT2D eigenvalue weighted by atomic mass is 32.1. The van der Waals surface area contributed by atoms with Gasteiger partial charge in [0.15, 0.2) is 0 Å². The molecule has 4 heteroatoms. The lowest BCUT2D eigenvalue weighted by molar-refractivity contribution is 0.0673. The third-order valence-corrected chi connectivity index (χ3v) is 3.61. The number of rotatable bonds is 2. The average molecular weight is 222 g/mol. The van der Waals surface area contributed by atoms with Crippen LogP contribution >= 0.6 is 11.3 Å². The Morgan fingerprint density at radius 1 is 1.60 bits per heavy atom. The molecule has 1 fully saturated rings. The summed E-state index contributed by atoms with van der Waals surface area (Å²) in [5, 5.41) is 18.2. The Morgan fingerprint density at radius 3 is 3.13 bits per heavy atom. The van der Waals surface area contributed by atoms with E-state index in [0.29, 0.717) is 0 Å². The first-order valence-corrected chi connectivity index (χ1v) is 5.99. The van der Waals surface area contributed by atoms with Crippen LogP contribution in [0.2, 0.25) is 0 Å². The molecule has 1 aliphatic heterocycles. The van der Waals surface area contributed by atoms with Crippen LogP contribution in [0.1, 0.15) is 22.6 Å². The molecule has 0 aromatic carbocycles. The Bertz CT molecular complexity index is 369. The molecule has 0 aliphatic carbocycles. The van der Waals surface area contributed by atoms with Gasteiger partial charge >= 0.3 is 0 Å². The van der Waals surface area contributed by atoms with Crippen molar-refractivity contribution < 1.29 is 5.11 Å². The molecule has 0 spiro atoms. The summed E-state index contributed by atoms with van der Waals surface area (Å²) in [6.07, 6.45) is 1.82. The summed E-state index contributed by atoms with van der Waals surface area (Å²) < 4.78 is 0. The molecule has 1 aromatic rings. The lowest BCUT2D eigenvalue weighted by atomic mass is 10.1. The molecule has 0 saturated carbocycles. The number of nitriles is 1. The van der Waals surface area contributed by atoms with E-state index in [-0.39, 0.29) is 6.10 Å². The fraction of sp³-hybridized carbons (Fsp3) is 0.545. The largest absolute Gasteiger partial charge is 0.392 e. The highest BCUT2D eigenvalue weighted by Gasteiger charge is 2.17. The van der Waals surface area contributed by atoms with Crippen molar-refractivity contribution in [3.05, 3.63) is 21.9 Å². The Morgan fingerprint density at radius 2 is 2.47 bits per heavy atom. The minimum Gasteiger partial charge on any atom is -0.392 e. The molecule has 3 nitrogen and oxygen atoms in total. The molecule has 0 bridgehead atoms. The van der Waals surface area contributed by atoms with Gasteiger partial charge in [-0.05, 0) is 31.5 Å². The third-order valence-electron chi connectivity index (χ3n) is 2.63. The maximum atomic E-state index is 9.52. The van der Waals surface area contributed by atoms with E-state index in [1.165, 1.54) is 4.88 Å². The van der Waals surface area contributed by atoms with E-state index < -0.39 is 0 Å². The van der Waals surface area contributed by atoms with E-state index in [1.54, 1.807) is 11.3 Å². The van der Waals surface area contributed by atoms with Crippen molar-refractivity contribution in [2.45, 2.75) is 25.5 Å². The SMILES string of the molecule is N#Cc1ccc(CN2CCCC(O)C2)s1. The number of piperidine rings is 1. The van der Waals surface area contributed by atoms with Gasteiger partial charge in [0.05, 0.1) is 6.10 Å². The Labute approximate surface area is 93.6 Å². The van der Waals surface area contributed by atoms with Gasteiger partial charge in [0.2, 0.25) is 0 Å². The second kappa shape index (κ2) is 4.75. The predicted octanol–water partition coefficient (Wildman–Crippen LogP) is 1.58. The van der Waals surface area contributed by atoms with Crippen molar-refractivity contribution in [2.24, 2.45) is 0 Å². The second-order valence-corrected chi connectivity index (χ2v) is 5.08. The van der Waals surface area contributed by atoms with Crippen LogP contribution in [0.5, 0.6) is 0 Å². The zero-order valence-corrected chi connectivity index (χ0v) is 9.33. The molecule has 0 radical (unpaired) electrons. The van der Waals surface area contributed by atoms with Crippen LogP contribution in [0.3, 0.4) is 0 Å². The van der Waals surface area contributed by atoms with E-state index in [0.717, 1.165) is 37.4 Å². The minimum absolute atomic E-state index is 0.172. The summed E-state index contributed by atoms with van der Waals surface area (Å²) in [7, 11) is 0. The number of nitrogens with zero attached hydrogens (tertiary/aromatic N) is 2. The van der Waals surface area contributed by atoms with Crippen molar-refractivity contribution in [1.82, 2.24) is 4.90 Å². The Hall–Kier alpha value is -0.890. The van der Waals surface area contributed by atoms with Crippen LogP contribution < -0.4 is 0 Å². The summed E-state index contributed by atoms with van der Waals surface area (Å²) in [6, 6.07) is 6.01. The first-order chi connectivity index (χ1) is 7.28. The van der Waals surface area contributed by atoms with E-state index in [9.17, 15) is 5.11 Å². The van der Waals surface area contributed by atoms with Crippen LogP contribution in [0.15, 0.2) is 12.1 Å². The quantitative estimate of drug-likeness (QED) is 0.826. The fourth-order valence-corrected chi connectivity index (χ4v) is 2.77. The van der Waals surface area contributed by atoms with Crippen LogP contribution in [0, 0.1) is 11.3 Å². The maximum absolute atomic E-state index is 9.52. The highest BCUT2D eigenvalue weighted by molar-refractivity contribution is 7.12. The number of likely N-dealkylation sites (tertiary alicyclic amines) is 1. The Balaban J connectivity index is 1.93. The number of hydrogen-bond acceptors (Lipinski definition) is 4. The zero-order valence-electron chi connectivity index (χ0n) is 8.52. The van der Waals surface area contributed by atoms with E-state index in [2.05, 4.69) is 11.0 Å². The monoisotopic (exact) mass is 222 g/mol. The Kier molecular flexibility index (Phi) is 3.37. The van der Waals surface area contributed by atoms with Crippen LogP contribution in [-0.4, -0.2) is 29.2 Å². The first kappa shape index (κ1) is 10.6. The number of β-amino-alcohol motifs (C(OH)–C–C–N with tert-alkyl or cyclic N) is 1. The molecular formula is C11H14N2OS. The maximum Gasteiger partial charge on any atom is 0.110 e. The molecule has 0 amide bonds. The number of aliphatic hydroxyl groups is 1. The van der Waals surface area contributed by atoms with Crippen LogP contribution in [0.25, 0.3) is 0 Å². The smallest absolute Gasteiger partial charge is 0.110 e. The standard InChI is InChI=1S/C11H14N2OS/c12-6-10-3-4-11(15-10)8-13-5-1-2-9(14)7-13/h3-4,9,14H,1-2,5,7-8H2. The number of thiophene rings is 1. The van der Waals surface area contributed by atoms with Gasteiger partial charge in [0.25, 0.3) is 0 Å². The highest BCUT2D eigenvalue weighted by Crippen LogP contribution is 2.19. The van der Waals surface area contributed by atoms with Crippen LogP contribution in [0.4, 0.5) is 0 Å². The molecular weight excluding hydrogens is 208 g/mol. The van der Waals surface area contributed by atoms with Crippen molar-refractivity contribution >= 4 is 11.3 Å². The van der Waals surface area contributed by atoms with Gasteiger partial charge in [-0.3, -0.25) is 4.90 Å². The number of hydrogen-bond donors (Lipinski definition) is 1. The lowest BCUT2D eigenvalue weighted by Gasteiger charge is -2.29. The molecule has 1 aromatic heterocycles. The molecule has 1 N–H and O–H groups in total. The van der Waals surface area contributed by atoms with Gasteiger partial charge in [-0.15, -0.1) is 11.3 Å². The molecule has 1 atom stereocenters. The molecule has 1 saturated heterocycles. The zero-order chi connectivity index (χ0) is 10.7. The van der Waals surface area contributed by atoms with E-state index in [1.807, 2.05) is 12.1 Å². The normalized spacial score (nSPS) is 22.5. The molecule has 1 aliphatic rings. The minimum atomic E-state index is -0.172. The lowest BCUT2D eigenvalue weighted by Crippen LogP contribution is -2.37. The predicted molar refractivity (Wildman–Crippen MR) is 59.6 cm³/mol. The van der Waals surface area contributed by atoms with Gasteiger partial charge in [0.1, 0.15) is 10.9 Å². The van der Waals surface area contributed by atoms with Crippen LogP contribution in [-0.2, 0) is 6.54 Å². The molecule has 2 rings (SSSR count).